The van der Waals surface area contributed by atoms with Gasteiger partial charge in [0.25, 0.3) is 0 Å². The Hall–Kier alpha value is -0.240. The van der Waals surface area contributed by atoms with Gasteiger partial charge < -0.3 is 0 Å². The molecule has 2 bridgehead atoms. The number of hydrogen-bond donors (Lipinski definition) is 1. The minimum atomic E-state index is -5.56. The van der Waals surface area contributed by atoms with E-state index in [1.165, 1.54) is 5.32 Å². The van der Waals surface area contributed by atoms with E-state index < -0.39 is 47.8 Å². The molecule has 1 aliphatic heterocycles. The molecule has 100 valence electrons. The summed E-state index contributed by atoms with van der Waals surface area (Å²) < 4.78 is 89.3. The molecule has 2 fully saturated rings. The number of piperidine rings is 1. The van der Waals surface area contributed by atoms with Gasteiger partial charge in [-0.1, -0.05) is 0 Å². The van der Waals surface area contributed by atoms with Crippen LogP contribution in [-0.4, -0.2) is 35.5 Å². The van der Waals surface area contributed by atoms with Gasteiger partial charge in [0.05, 0.1) is 11.4 Å². The number of alkyl halides is 8. The maximum absolute atomic E-state index is 13.1. The molecule has 1 heterocycles. The van der Waals surface area contributed by atoms with Crippen LogP contribution in [0.5, 0.6) is 0 Å². The second-order valence-corrected chi connectivity index (χ2v) is 4.78. The minimum Gasteiger partial charge on any atom is -0.289 e. The third kappa shape index (κ3) is 1.49. The van der Waals surface area contributed by atoms with E-state index in [9.17, 15) is 30.7 Å². The summed E-state index contributed by atoms with van der Waals surface area (Å²) in [5.41, 5.74) is -4.08. The van der Waals surface area contributed by atoms with Crippen molar-refractivity contribution in [3.05, 3.63) is 0 Å². The average molecular weight is 286 g/mol. The third-order valence-electron chi connectivity index (χ3n) is 3.44. The molecule has 0 aromatic heterocycles. The fourth-order valence-corrected chi connectivity index (χ4v) is 3.18. The van der Waals surface area contributed by atoms with E-state index in [1.807, 2.05) is 0 Å². The van der Waals surface area contributed by atoms with E-state index in [1.54, 1.807) is 0 Å². The highest BCUT2D eigenvalue weighted by Gasteiger charge is 2.81. The van der Waals surface area contributed by atoms with Crippen molar-refractivity contribution >= 4 is 11.6 Å². The summed E-state index contributed by atoms with van der Waals surface area (Å²) in [7, 11) is 0. The Morgan fingerprint density at radius 1 is 1.06 bits per heavy atom. The van der Waals surface area contributed by atoms with Gasteiger partial charge in [-0.2, -0.15) is 26.3 Å². The second kappa shape index (κ2) is 3.40. The van der Waals surface area contributed by atoms with Crippen LogP contribution in [0.2, 0.25) is 0 Å². The molecule has 1 saturated carbocycles. The lowest BCUT2D eigenvalue weighted by Gasteiger charge is -2.41. The average Bonchev–Trinajstić information content (AvgIpc) is 2.53. The Morgan fingerprint density at radius 3 is 1.76 bits per heavy atom. The molecule has 4 atom stereocenters. The van der Waals surface area contributed by atoms with Crippen LogP contribution in [0, 0.1) is 5.92 Å². The molecule has 0 radical (unpaired) electrons. The predicted octanol–water partition coefficient (Wildman–Crippen LogP) is 2.79. The summed E-state index contributed by atoms with van der Waals surface area (Å²) in [5.74, 6) is -2.02. The lowest BCUT2D eigenvalue weighted by molar-refractivity contribution is -0.320. The summed E-state index contributed by atoms with van der Waals surface area (Å²) in [5, 5.41) is -0.180. The zero-order valence-electron chi connectivity index (χ0n) is 8.04. The molecule has 1 saturated heterocycles. The van der Waals surface area contributed by atoms with Gasteiger partial charge in [0.1, 0.15) is 6.17 Å². The van der Waals surface area contributed by atoms with Gasteiger partial charge in [0, 0.05) is 5.92 Å². The van der Waals surface area contributed by atoms with Crippen molar-refractivity contribution in [2.45, 2.75) is 41.9 Å². The van der Waals surface area contributed by atoms with Crippen LogP contribution in [0.4, 0.5) is 30.7 Å². The highest BCUT2D eigenvalue weighted by Crippen LogP contribution is 2.58. The van der Waals surface area contributed by atoms with Gasteiger partial charge in [0.15, 0.2) is 0 Å². The summed E-state index contributed by atoms with van der Waals surface area (Å²) in [6.07, 6.45) is -13.7. The van der Waals surface area contributed by atoms with E-state index in [0.717, 1.165) is 0 Å². The largest absolute Gasteiger partial charge is 0.415 e. The number of fused-ring (bicyclic) bond motifs is 2. The van der Waals surface area contributed by atoms with Crippen LogP contribution in [0.1, 0.15) is 6.42 Å². The summed E-state index contributed by atoms with van der Waals surface area (Å²) in [6, 6.07) is -1.61. The van der Waals surface area contributed by atoms with Crippen LogP contribution in [0.15, 0.2) is 0 Å². The summed E-state index contributed by atoms with van der Waals surface area (Å²) in [6.45, 7) is 0. The molecule has 1 N–H and O–H groups in total. The molecule has 17 heavy (non-hydrogen) atoms. The molecule has 0 unspecified atom stereocenters. The first-order valence-corrected chi connectivity index (χ1v) is 5.15. The maximum atomic E-state index is 13.1. The fraction of sp³-hybridized carbons (Fsp3) is 1.00. The van der Waals surface area contributed by atoms with Crippen LogP contribution >= 0.6 is 11.6 Å². The SMILES string of the molecule is F[C@@H]1C[C@H]2[C@H](Cl)[C@H]1NC2(C(F)(F)F)C(F)(F)F. The minimum absolute atomic E-state index is 0.829. The van der Waals surface area contributed by atoms with E-state index in [2.05, 4.69) is 0 Å². The molecule has 0 aromatic rings. The van der Waals surface area contributed by atoms with Gasteiger partial charge in [0.2, 0.25) is 5.54 Å². The molecule has 0 spiro atoms. The summed E-state index contributed by atoms with van der Waals surface area (Å²) >= 11 is 5.46. The Kier molecular flexibility index (Phi) is 2.64. The molecule has 1 nitrogen and oxygen atoms in total. The molecule has 2 rings (SSSR count). The molecule has 0 aromatic carbocycles. The van der Waals surface area contributed by atoms with Crippen molar-refractivity contribution in [1.29, 1.82) is 0 Å². The van der Waals surface area contributed by atoms with E-state index in [4.69, 9.17) is 11.6 Å². The molecule has 9 heteroatoms. The van der Waals surface area contributed by atoms with Crippen molar-refractivity contribution in [2.24, 2.45) is 5.92 Å². The highest BCUT2D eigenvalue weighted by molar-refractivity contribution is 6.22. The van der Waals surface area contributed by atoms with Gasteiger partial charge in [-0.25, -0.2) is 4.39 Å². The van der Waals surface area contributed by atoms with Gasteiger partial charge >= 0.3 is 12.4 Å². The first-order chi connectivity index (χ1) is 7.52. The molecule has 0 amide bonds. The van der Waals surface area contributed by atoms with E-state index >= 15 is 0 Å². The molecule has 2 aliphatic rings. The Morgan fingerprint density at radius 2 is 1.53 bits per heavy atom. The van der Waals surface area contributed by atoms with Crippen LogP contribution in [0.25, 0.3) is 0 Å². The first-order valence-electron chi connectivity index (χ1n) is 4.71. The van der Waals surface area contributed by atoms with Crippen molar-refractivity contribution in [3.63, 3.8) is 0 Å². The van der Waals surface area contributed by atoms with Crippen LogP contribution < -0.4 is 5.32 Å². The normalized spacial score (nSPS) is 40.9. The van der Waals surface area contributed by atoms with Gasteiger partial charge in [-0.3, -0.25) is 5.32 Å². The monoisotopic (exact) mass is 285 g/mol. The zero-order chi connectivity index (χ0) is 13.2. The Balaban J connectivity index is 2.48. The highest BCUT2D eigenvalue weighted by atomic mass is 35.5. The molecular weight excluding hydrogens is 279 g/mol. The van der Waals surface area contributed by atoms with Crippen molar-refractivity contribution in [2.75, 3.05) is 0 Å². The predicted molar refractivity (Wildman–Crippen MR) is 44.4 cm³/mol. The maximum Gasteiger partial charge on any atom is 0.415 e. The van der Waals surface area contributed by atoms with Crippen molar-refractivity contribution in [3.8, 4) is 0 Å². The third-order valence-corrected chi connectivity index (χ3v) is 4.02. The quantitative estimate of drug-likeness (QED) is 0.533. The number of hydrogen-bond acceptors (Lipinski definition) is 1. The van der Waals surface area contributed by atoms with E-state index in [0.29, 0.717) is 0 Å². The summed E-state index contributed by atoms with van der Waals surface area (Å²) in [4.78, 5) is 0. The molecular formula is C8H7ClF7N. The topological polar surface area (TPSA) is 12.0 Å². The first kappa shape index (κ1) is 13.2. The Bertz CT molecular complexity index is 311. The Labute approximate surface area is 96.3 Å². The molecule has 1 aliphatic carbocycles. The second-order valence-electron chi connectivity index (χ2n) is 4.28. The number of halogens is 8. The number of nitrogens with one attached hydrogen (secondary N) is 1. The van der Waals surface area contributed by atoms with E-state index in [-0.39, 0.29) is 0 Å². The smallest absolute Gasteiger partial charge is 0.289 e. The lowest BCUT2D eigenvalue weighted by Crippen LogP contribution is -2.70. The van der Waals surface area contributed by atoms with Crippen molar-refractivity contribution in [1.82, 2.24) is 5.32 Å². The van der Waals surface area contributed by atoms with Gasteiger partial charge in [-0.05, 0) is 6.42 Å². The van der Waals surface area contributed by atoms with Crippen LogP contribution in [0.3, 0.4) is 0 Å². The van der Waals surface area contributed by atoms with Crippen molar-refractivity contribution < 1.29 is 30.7 Å². The number of rotatable bonds is 0. The van der Waals surface area contributed by atoms with Gasteiger partial charge in [-0.15, -0.1) is 11.6 Å². The van der Waals surface area contributed by atoms with Crippen LogP contribution in [-0.2, 0) is 0 Å². The standard InChI is InChI=1S/C8H7ClF7N/c9-4-2-1-3(10)5(4)17-6(2,7(11,12)13)8(14,15)16/h2-5,17H,1H2/t2-,3+,4-,5-/m0/s1. The fourth-order valence-electron chi connectivity index (χ4n) is 2.67. The lowest BCUT2D eigenvalue weighted by atomic mass is 9.82. The zero-order valence-corrected chi connectivity index (χ0v) is 8.80.